The Morgan fingerprint density at radius 2 is 1.79 bits per heavy atom. The Kier molecular flexibility index (Phi) is 7.86. The standard InChI is InChI=1S/C30H33N3O6/c1-4-5-6-7-16-38-23-12-8-20(9-13-23)30-32-26(24-18-22(33(34)35)11-15-27(24)39-30)19-25(31-32)21-10-14-28(36-2)29(17-21)37-3/h8-15,17-18,26,30H,4-7,16,19H2,1-3H3. The van der Waals surface area contributed by atoms with E-state index in [9.17, 15) is 10.1 Å². The van der Waals surface area contributed by atoms with Gasteiger partial charge >= 0.3 is 0 Å². The molecule has 0 fully saturated rings. The maximum atomic E-state index is 11.5. The van der Waals surface area contributed by atoms with Crippen LogP contribution in [-0.2, 0) is 0 Å². The van der Waals surface area contributed by atoms with Gasteiger partial charge in [-0.15, -0.1) is 0 Å². The topological polar surface area (TPSA) is 95.7 Å². The second-order valence-corrected chi connectivity index (χ2v) is 9.64. The monoisotopic (exact) mass is 531 g/mol. The second kappa shape index (κ2) is 11.6. The van der Waals surface area contributed by atoms with Crippen molar-refractivity contribution in [2.24, 2.45) is 5.10 Å². The minimum Gasteiger partial charge on any atom is -0.494 e. The fourth-order valence-corrected chi connectivity index (χ4v) is 5.05. The Bertz CT molecular complexity index is 1360. The minimum absolute atomic E-state index is 0.0238. The highest BCUT2D eigenvalue weighted by Crippen LogP contribution is 2.48. The van der Waals surface area contributed by atoms with Crippen LogP contribution >= 0.6 is 0 Å². The largest absolute Gasteiger partial charge is 0.494 e. The van der Waals surface area contributed by atoms with E-state index in [2.05, 4.69) is 6.92 Å². The zero-order valence-corrected chi connectivity index (χ0v) is 22.5. The number of ether oxygens (including phenoxy) is 4. The molecule has 5 rings (SSSR count). The third-order valence-electron chi connectivity index (χ3n) is 7.13. The number of hydrogen-bond donors (Lipinski definition) is 0. The molecule has 0 amide bonds. The van der Waals surface area contributed by atoms with Crippen molar-refractivity contribution in [2.75, 3.05) is 20.8 Å². The van der Waals surface area contributed by atoms with E-state index in [1.54, 1.807) is 26.4 Å². The number of nitro benzene ring substituents is 1. The lowest BCUT2D eigenvalue weighted by Crippen LogP contribution is -2.33. The summed E-state index contributed by atoms with van der Waals surface area (Å²) in [5.41, 5.74) is 3.41. The Morgan fingerprint density at radius 3 is 2.51 bits per heavy atom. The summed E-state index contributed by atoms with van der Waals surface area (Å²) >= 11 is 0. The van der Waals surface area contributed by atoms with Gasteiger partial charge in [-0.3, -0.25) is 10.1 Å². The summed E-state index contributed by atoms with van der Waals surface area (Å²) in [7, 11) is 3.19. The molecule has 9 heteroatoms. The Morgan fingerprint density at radius 1 is 1.00 bits per heavy atom. The van der Waals surface area contributed by atoms with Crippen LogP contribution in [0.5, 0.6) is 23.0 Å². The van der Waals surface area contributed by atoms with E-state index in [0.717, 1.165) is 34.6 Å². The highest BCUT2D eigenvalue weighted by molar-refractivity contribution is 6.02. The predicted octanol–water partition coefficient (Wildman–Crippen LogP) is 6.81. The van der Waals surface area contributed by atoms with Gasteiger partial charge in [-0.25, -0.2) is 5.01 Å². The first-order valence-electron chi connectivity index (χ1n) is 13.3. The fraction of sp³-hybridized carbons (Fsp3) is 0.367. The lowest BCUT2D eigenvalue weighted by Gasteiger charge is -2.38. The van der Waals surface area contributed by atoms with E-state index < -0.39 is 6.23 Å². The van der Waals surface area contributed by atoms with E-state index in [1.165, 1.54) is 25.3 Å². The van der Waals surface area contributed by atoms with E-state index >= 15 is 0 Å². The van der Waals surface area contributed by atoms with Gasteiger partial charge in [0.05, 0.1) is 37.5 Å². The van der Waals surface area contributed by atoms with Crippen LogP contribution in [0.15, 0.2) is 65.8 Å². The van der Waals surface area contributed by atoms with Crippen LogP contribution in [0.2, 0.25) is 0 Å². The van der Waals surface area contributed by atoms with E-state index in [1.807, 2.05) is 47.5 Å². The van der Waals surface area contributed by atoms with Crippen molar-refractivity contribution in [1.29, 1.82) is 0 Å². The summed E-state index contributed by atoms with van der Waals surface area (Å²) in [4.78, 5) is 11.1. The molecular weight excluding hydrogens is 498 g/mol. The lowest BCUT2D eigenvalue weighted by atomic mass is 9.95. The van der Waals surface area contributed by atoms with Crippen molar-refractivity contribution in [3.8, 4) is 23.0 Å². The summed E-state index contributed by atoms with van der Waals surface area (Å²) in [5.74, 6) is 2.67. The van der Waals surface area contributed by atoms with Gasteiger partial charge in [0.1, 0.15) is 11.5 Å². The molecule has 2 unspecified atom stereocenters. The first-order valence-corrected chi connectivity index (χ1v) is 13.3. The van der Waals surface area contributed by atoms with E-state index in [-0.39, 0.29) is 16.7 Å². The normalized spacial score (nSPS) is 17.5. The molecule has 9 nitrogen and oxygen atoms in total. The van der Waals surface area contributed by atoms with Crippen molar-refractivity contribution in [3.05, 3.63) is 87.5 Å². The highest BCUT2D eigenvalue weighted by Gasteiger charge is 2.41. The Labute approximate surface area is 228 Å². The molecule has 2 heterocycles. The van der Waals surface area contributed by atoms with Crippen molar-refractivity contribution >= 4 is 11.4 Å². The third kappa shape index (κ3) is 5.48. The summed E-state index contributed by atoms with van der Waals surface area (Å²) in [5, 5.41) is 18.4. The van der Waals surface area contributed by atoms with Gasteiger partial charge in [0.2, 0.25) is 6.23 Å². The quantitative estimate of drug-likeness (QED) is 0.152. The first kappa shape index (κ1) is 26.3. The molecule has 2 aliphatic rings. The number of hydrogen-bond acceptors (Lipinski definition) is 8. The van der Waals surface area contributed by atoms with Gasteiger partial charge in [-0.05, 0) is 55.0 Å². The number of rotatable bonds is 11. The molecular formula is C30H33N3O6. The molecule has 39 heavy (non-hydrogen) atoms. The molecule has 0 radical (unpaired) electrons. The molecule has 2 aliphatic heterocycles. The Balaban J connectivity index is 1.45. The molecule has 0 aliphatic carbocycles. The zero-order chi connectivity index (χ0) is 27.4. The van der Waals surface area contributed by atoms with Crippen LogP contribution < -0.4 is 18.9 Å². The van der Waals surface area contributed by atoms with Gasteiger partial charge in [0, 0.05) is 35.2 Å². The second-order valence-electron chi connectivity index (χ2n) is 9.64. The van der Waals surface area contributed by atoms with Gasteiger partial charge < -0.3 is 18.9 Å². The maximum Gasteiger partial charge on any atom is 0.270 e. The van der Waals surface area contributed by atoms with Crippen LogP contribution in [0.1, 0.15) is 68.0 Å². The molecule has 0 aromatic heterocycles. The van der Waals surface area contributed by atoms with Crippen molar-refractivity contribution in [3.63, 3.8) is 0 Å². The SMILES string of the molecule is CCCCCCOc1ccc(C2Oc3ccc([N+](=O)[O-])cc3C3CC(c4ccc(OC)c(OC)c4)=NN32)cc1. The third-order valence-corrected chi connectivity index (χ3v) is 7.13. The van der Waals surface area contributed by atoms with Crippen LogP contribution in [0.25, 0.3) is 0 Å². The van der Waals surface area contributed by atoms with Crippen LogP contribution in [-0.4, -0.2) is 36.5 Å². The number of non-ortho nitro benzene ring substituents is 1. The van der Waals surface area contributed by atoms with Crippen molar-refractivity contribution in [1.82, 2.24) is 5.01 Å². The fourth-order valence-electron chi connectivity index (χ4n) is 5.05. The smallest absolute Gasteiger partial charge is 0.270 e. The average Bonchev–Trinajstić information content (AvgIpc) is 3.42. The number of unbranched alkanes of at least 4 members (excludes halogenated alkanes) is 3. The van der Waals surface area contributed by atoms with E-state index in [0.29, 0.717) is 30.3 Å². The number of methoxy groups -OCH3 is 2. The van der Waals surface area contributed by atoms with E-state index in [4.69, 9.17) is 24.0 Å². The molecule has 0 spiro atoms. The van der Waals surface area contributed by atoms with Crippen LogP contribution in [0.3, 0.4) is 0 Å². The van der Waals surface area contributed by atoms with Gasteiger partial charge in [0.25, 0.3) is 5.69 Å². The lowest BCUT2D eigenvalue weighted by molar-refractivity contribution is -0.385. The summed E-state index contributed by atoms with van der Waals surface area (Å²) in [6, 6.07) is 18.1. The summed E-state index contributed by atoms with van der Waals surface area (Å²) < 4.78 is 23.2. The van der Waals surface area contributed by atoms with Crippen molar-refractivity contribution in [2.45, 2.75) is 51.3 Å². The maximum absolute atomic E-state index is 11.5. The number of nitro groups is 1. The molecule has 3 aromatic carbocycles. The zero-order valence-electron chi connectivity index (χ0n) is 22.5. The van der Waals surface area contributed by atoms with Crippen molar-refractivity contribution < 1.29 is 23.9 Å². The Hall–Kier alpha value is -4.27. The first-order chi connectivity index (χ1) is 19.0. The molecule has 0 saturated heterocycles. The summed E-state index contributed by atoms with van der Waals surface area (Å²) in [6.45, 7) is 2.89. The number of hydrazone groups is 1. The highest BCUT2D eigenvalue weighted by atomic mass is 16.6. The molecule has 3 aromatic rings. The van der Waals surface area contributed by atoms with Gasteiger partial charge in [0.15, 0.2) is 11.5 Å². The summed E-state index contributed by atoms with van der Waals surface area (Å²) in [6.07, 6.45) is 4.67. The van der Waals surface area contributed by atoms with Crippen LogP contribution in [0, 0.1) is 10.1 Å². The number of fused-ring (bicyclic) bond motifs is 3. The van der Waals surface area contributed by atoms with Gasteiger partial charge in [-0.2, -0.15) is 5.10 Å². The van der Waals surface area contributed by atoms with Crippen LogP contribution in [0.4, 0.5) is 5.69 Å². The van der Waals surface area contributed by atoms with Gasteiger partial charge in [-0.1, -0.05) is 26.2 Å². The number of benzene rings is 3. The predicted molar refractivity (Wildman–Crippen MR) is 148 cm³/mol. The molecule has 0 bridgehead atoms. The molecule has 0 N–H and O–H groups in total. The number of nitrogens with zero attached hydrogens (tertiary/aromatic N) is 3. The minimum atomic E-state index is -0.500. The average molecular weight is 532 g/mol. The molecule has 0 saturated carbocycles. The molecule has 2 atom stereocenters. The molecule has 204 valence electrons.